The number of aromatic amines is 1. The van der Waals surface area contributed by atoms with Crippen molar-refractivity contribution in [1.82, 2.24) is 10.2 Å². The molecular weight excluding hydrogens is 232 g/mol. The molecule has 2 heterocycles. The van der Waals surface area contributed by atoms with Crippen LogP contribution in [0.1, 0.15) is 6.92 Å². The highest BCUT2D eigenvalue weighted by Gasteiger charge is 2.09. The SMILES string of the molecule is CCOc1ccc2[nH]nc(-c3ccsc3)c2c1. The van der Waals surface area contributed by atoms with E-state index in [2.05, 4.69) is 27.0 Å². The van der Waals surface area contributed by atoms with Crippen LogP contribution in [0.15, 0.2) is 35.0 Å². The molecule has 0 saturated heterocycles. The molecule has 2 aromatic heterocycles. The summed E-state index contributed by atoms with van der Waals surface area (Å²) in [5.74, 6) is 0.887. The van der Waals surface area contributed by atoms with Crippen LogP contribution in [0.4, 0.5) is 0 Å². The second kappa shape index (κ2) is 4.22. The second-order valence-electron chi connectivity index (χ2n) is 3.72. The molecule has 17 heavy (non-hydrogen) atoms. The predicted molar refractivity (Wildman–Crippen MR) is 70.6 cm³/mol. The highest BCUT2D eigenvalue weighted by atomic mass is 32.1. The molecule has 0 aliphatic carbocycles. The summed E-state index contributed by atoms with van der Waals surface area (Å²) in [7, 11) is 0. The van der Waals surface area contributed by atoms with Crippen molar-refractivity contribution in [3.05, 3.63) is 35.0 Å². The number of ether oxygens (including phenoxy) is 1. The van der Waals surface area contributed by atoms with Gasteiger partial charge in [0.1, 0.15) is 11.4 Å². The van der Waals surface area contributed by atoms with Gasteiger partial charge in [0.15, 0.2) is 0 Å². The van der Waals surface area contributed by atoms with Gasteiger partial charge in [-0.05, 0) is 36.6 Å². The fourth-order valence-electron chi connectivity index (χ4n) is 1.87. The molecule has 4 heteroatoms. The van der Waals surface area contributed by atoms with Crippen LogP contribution in [0.5, 0.6) is 5.75 Å². The molecule has 0 saturated carbocycles. The maximum atomic E-state index is 5.52. The van der Waals surface area contributed by atoms with E-state index in [0.717, 1.165) is 27.9 Å². The van der Waals surface area contributed by atoms with Gasteiger partial charge in [-0.1, -0.05) is 0 Å². The molecule has 0 spiro atoms. The first-order valence-electron chi connectivity index (χ1n) is 5.52. The lowest BCUT2D eigenvalue weighted by molar-refractivity contribution is 0.341. The zero-order valence-electron chi connectivity index (χ0n) is 9.43. The van der Waals surface area contributed by atoms with Crippen molar-refractivity contribution in [3.63, 3.8) is 0 Å². The molecule has 3 aromatic rings. The molecule has 3 nitrogen and oxygen atoms in total. The van der Waals surface area contributed by atoms with E-state index in [9.17, 15) is 0 Å². The average Bonchev–Trinajstić information content (AvgIpc) is 2.96. The second-order valence-corrected chi connectivity index (χ2v) is 4.50. The lowest BCUT2D eigenvalue weighted by Gasteiger charge is -2.02. The zero-order chi connectivity index (χ0) is 11.7. The average molecular weight is 244 g/mol. The number of H-pyrrole nitrogens is 1. The first kappa shape index (κ1) is 10.4. The minimum atomic E-state index is 0.678. The number of thiophene rings is 1. The minimum Gasteiger partial charge on any atom is -0.494 e. The minimum absolute atomic E-state index is 0.678. The normalized spacial score (nSPS) is 10.9. The van der Waals surface area contributed by atoms with Crippen LogP contribution in [0.3, 0.4) is 0 Å². The molecule has 0 atom stereocenters. The Morgan fingerprint density at radius 3 is 3.06 bits per heavy atom. The van der Waals surface area contributed by atoms with Crippen molar-refractivity contribution in [1.29, 1.82) is 0 Å². The summed E-state index contributed by atoms with van der Waals surface area (Å²) in [5, 5.41) is 12.7. The summed E-state index contributed by atoms with van der Waals surface area (Å²) < 4.78 is 5.52. The monoisotopic (exact) mass is 244 g/mol. The fourth-order valence-corrected chi connectivity index (χ4v) is 2.51. The summed E-state index contributed by atoms with van der Waals surface area (Å²) in [6.07, 6.45) is 0. The first-order valence-corrected chi connectivity index (χ1v) is 6.46. The van der Waals surface area contributed by atoms with Crippen molar-refractivity contribution in [2.45, 2.75) is 6.92 Å². The third-order valence-electron chi connectivity index (χ3n) is 2.64. The molecular formula is C13H12N2OS. The van der Waals surface area contributed by atoms with E-state index in [1.54, 1.807) is 11.3 Å². The van der Waals surface area contributed by atoms with Gasteiger partial charge < -0.3 is 4.74 Å². The number of nitrogens with one attached hydrogen (secondary N) is 1. The molecule has 0 amide bonds. The van der Waals surface area contributed by atoms with Gasteiger partial charge in [-0.25, -0.2) is 0 Å². The molecule has 1 N–H and O–H groups in total. The van der Waals surface area contributed by atoms with Crippen molar-refractivity contribution in [2.24, 2.45) is 0 Å². The Hall–Kier alpha value is -1.81. The Balaban J connectivity index is 2.16. The Kier molecular flexibility index (Phi) is 2.57. The third kappa shape index (κ3) is 1.80. The molecule has 0 bridgehead atoms. The van der Waals surface area contributed by atoms with Gasteiger partial charge in [-0.3, -0.25) is 5.10 Å². The first-order chi connectivity index (χ1) is 8.38. The number of nitrogens with zero attached hydrogens (tertiary/aromatic N) is 1. The highest BCUT2D eigenvalue weighted by molar-refractivity contribution is 7.08. The van der Waals surface area contributed by atoms with E-state index in [1.807, 2.05) is 25.1 Å². The summed E-state index contributed by atoms with van der Waals surface area (Å²) in [6, 6.07) is 8.08. The van der Waals surface area contributed by atoms with Crippen molar-refractivity contribution in [3.8, 4) is 17.0 Å². The van der Waals surface area contributed by atoms with Crippen LogP contribution < -0.4 is 4.74 Å². The van der Waals surface area contributed by atoms with Gasteiger partial charge >= 0.3 is 0 Å². The summed E-state index contributed by atoms with van der Waals surface area (Å²) in [6.45, 7) is 2.66. The largest absolute Gasteiger partial charge is 0.494 e. The van der Waals surface area contributed by atoms with Crippen LogP contribution in [0.25, 0.3) is 22.2 Å². The fraction of sp³-hybridized carbons (Fsp3) is 0.154. The summed E-state index contributed by atoms with van der Waals surface area (Å²) >= 11 is 1.68. The predicted octanol–water partition coefficient (Wildman–Crippen LogP) is 3.69. The lowest BCUT2D eigenvalue weighted by atomic mass is 10.1. The van der Waals surface area contributed by atoms with Gasteiger partial charge in [0.2, 0.25) is 0 Å². The summed E-state index contributed by atoms with van der Waals surface area (Å²) in [5.41, 5.74) is 3.17. The Labute approximate surface area is 103 Å². The smallest absolute Gasteiger partial charge is 0.120 e. The van der Waals surface area contributed by atoms with Crippen LogP contribution in [-0.2, 0) is 0 Å². The number of rotatable bonds is 3. The molecule has 0 fully saturated rings. The van der Waals surface area contributed by atoms with Crippen LogP contribution >= 0.6 is 11.3 Å². The van der Waals surface area contributed by atoms with E-state index in [1.165, 1.54) is 0 Å². The molecule has 0 aliphatic rings. The number of fused-ring (bicyclic) bond motifs is 1. The third-order valence-corrected chi connectivity index (χ3v) is 3.32. The molecule has 0 radical (unpaired) electrons. The topological polar surface area (TPSA) is 37.9 Å². The number of aromatic nitrogens is 2. The van der Waals surface area contributed by atoms with E-state index in [0.29, 0.717) is 6.61 Å². The van der Waals surface area contributed by atoms with E-state index < -0.39 is 0 Å². The van der Waals surface area contributed by atoms with Crippen molar-refractivity contribution < 1.29 is 4.74 Å². The van der Waals surface area contributed by atoms with Crippen molar-refractivity contribution >= 4 is 22.2 Å². The Bertz CT molecular complexity index is 628. The number of benzene rings is 1. The van der Waals surface area contributed by atoms with Crippen molar-refractivity contribution in [2.75, 3.05) is 6.61 Å². The Morgan fingerprint density at radius 2 is 2.29 bits per heavy atom. The zero-order valence-corrected chi connectivity index (χ0v) is 10.3. The van der Waals surface area contributed by atoms with Gasteiger partial charge in [-0.15, -0.1) is 0 Å². The maximum absolute atomic E-state index is 5.52. The molecule has 0 unspecified atom stereocenters. The molecule has 0 aliphatic heterocycles. The van der Waals surface area contributed by atoms with E-state index in [-0.39, 0.29) is 0 Å². The van der Waals surface area contributed by atoms with E-state index in [4.69, 9.17) is 4.74 Å². The van der Waals surface area contributed by atoms with Gasteiger partial charge in [0.25, 0.3) is 0 Å². The molecule has 3 rings (SSSR count). The summed E-state index contributed by atoms with van der Waals surface area (Å²) in [4.78, 5) is 0. The highest BCUT2D eigenvalue weighted by Crippen LogP contribution is 2.30. The van der Waals surface area contributed by atoms with Crippen LogP contribution in [0, 0.1) is 0 Å². The standard InChI is InChI=1S/C13H12N2OS/c1-2-16-10-3-4-12-11(7-10)13(15-14-12)9-5-6-17-8-9/h3-8H,2H2,1H3,(H,14,15). The maximum Gasteiger partial charge on any atom is 0.120 e. The number of hydrogen-bond acceptors (Lipinski definition) is 3. The van der Waals surface area contributed by atoms with Gasteiger partial charge in [0.05, 0.1) is 12.1 Å². The van der Waals surface area contributed by atoms with Gasteiger partial charge in [0, 0.05) is 16.3 Å². The number of hydrogen-bond donors (Lipinski definition) is 1. The molecule has 86 valence electrons. The van der Waals surface area contributed by atoms with Crippen LogP contribution in [-0.4, -0.2) is 16.8 Å². The van der Waals surface area contributed by atoms with Crippen LogP contribution in [0.2, 0.25) is 0 Å². The molecule has 1 aromatic carbocycles. The quantitative estimate of drug-likeness (QED) is 0.763. The lowest BCUT2D eigenvalue weighted by Crippen LogP contribution is -1.90. The van der Waals surface area contributed by atoms with Gasteiger partial charge in [-0.2, -0.15) is 16.4 Å². The Morgan fingerprint density at radius 1 is 1.35 bits per heavy atom. The van der Waals surface area contributed by atoms with E-state index >= 15 is 0 Å².